The summed E-state index contributed by atoms with van der Waals surface area (Å²) in [6.07, 6.45) is 0.509. The molecule has 0 aliphatic heterocycles. The molecular formula is C13H21N3O4S. The van der Waals surface area contributed by atoms with Gasteiger partial charge in [0.05, 0.1) is 11.6 Å². The SMILES string of the molecule is CC(C)COCCNC(=O)NCCc1nc(C(=O)O)cs1. The Hall–Kier alpha value is -1.67. The molecule has 1 rings (SSSR count). The Morgan fingerprint density at radius 2 is 2.10 bits per heavy atom. The van der Waals surface area contributed by atoms with Gasteiger partial charge in [-0.2, -0.15) is 0 Å². The molecule has 0 fully saturated rings. The van der Waals surface area contributed by atoms with Gasteiger partial charge in [-0.15, -0.1) is 11.3 Å². The molecule has 7 nitrogen and oxygen atoms in total. The van der Waals surface area contributed by atoms with Gasteiger partial charge in [-0.05, 0) is 5.92 Å². The number of aromatic nitrogens is 1. The molecule has 21 heavy (non-hydrogen) atoms. The number of hydrogen-bond donors (Lipinski definition) is 3. The molecule has 0 saturated heterocycles. The summed E-state index contributed by atoms with van der Waals surface area (Å²) in [4.78, 5) is 26.1. The van der Waals surface area contributed by atoms with Crippen molar-refractivity contribution in [2.45, 2.75) is 20.3 Å². The van der Waals surface area contributed by atoms with Crippen LogP contribution in [0.4, 0.5) is 4.79 Å². The van der Waals surface area contributed by atoms with E-state index in [0.717, 1.165) is 0 Å². The number of nitrogens with zero attached hydrogens (tertiary/aromatic N) is 1. The Morgan fingerprint density at radius 3 is 2.71 bits per heavy atom. The summed E-state index contributed by atoms with van der Waals surface area (Å²) in [7, 11) is 0. The molecule has 1 heterocycles. The van der Waals surface area contributed by atoms with Crippen molar-refractivity contribution in [3.8, 4) is 0 Å². The van der Waals surface area contributed by atoms with Crippen LogP contribution >= 0.6 is 11.3 Å². The standard InChI is InChI=1S/C13H21N3O4S/c1-9(2)7-20-6-5-15-13(19)14-4-3-11-16-10(8-21-11)12(17)18/h8-9H,3-7H2,1-2H3,(H,17,18)(H2,14,15,19). The van der Waals surface area contributed by atoms with Gasteiger partial charge in [-0.1, -0.05) is 13.8 Å². The van der Waals surface area contributed by atoms with Crippen molar-refractivity contribution in [2.24, 2.45) is 5.92 Å². The highest BCUT2D eigenvalue weighted by Gasteiger charge is 2.08. The van der Waals surface area contributed by atoms with Crippen molar-refractivity contribution < 1.29 is 19.4 Å². The number of urea groups is 1. The minimum atomic E-state index is -1.04. The van der Waals surface area contributed by atoms with Crippen molar-refractivity contribution in [1.29, 1.82) is 0 Å². The van der Waals surface area contributed by atoms with E-state index in [1.165, 1.54) is 16.7 Å². The van der Waals surface area contributed by atoms with Crippen LogP contribution in [0.1, 0.15) is 29.3 Å². The van der Waals surface area contributed by atoms with Gasteiger partial charge in [0.2, 0.25) is 0 Å². The Bertz CT molecular complexity index is 462. The van der Waals surface area contributed by atoms with Crippen molar-refractivity contribution in [3.05, 3.63) is 16.1 Å². The van der Waals surface area contributed by atoms with E-state index in [2.05, 4.69) is 29.5 Å². The quantitative estimate of drug-likeness (QED) is 0.597. The average molecular weight is 315 g/mol. The third-order valence-corrected chi connectivity index (χ3v) is 3.29. The molecule has 0 aliphatic rings. The highest BCUT2D eigenvalue weighted by Crippen LogP contribution is 2.09. The van der Waals surface area contributed by atoms with Crippen LogP contribution in [-0.2, 0) is 11.2 Å². The van der Waals surface area contributed by atoms with Crippen LogP contribution in [-0.4, -0.2) is 48.4 Å². The highest BCUT2D eigenvalue weighted by atomic mass is 32.1. The van der Waals surface area contributed by atoms with Gasteiger partial charge in [0, 0.05) is 31.5 Å². The van der Waals surface area contributed by atoms with Crippen LogP contribution < -0.4 is 10.6 Å². The van der Waals surface area contributed by atoms with E-state index in [4.69, 9.17) is 9.84 Å². The summed E-state index contributed by atoms with van der Waals surface area (Å²) in [5, 5.41) is 16.3. The van der Waals surface area contributed by atoms with Crippen molar-refractivity contribution >= 4 is 23.3 Å². The largest absolute Gasteiger partial charge is 0.476 e. The van der Waals surface area contributed by atoms with Gasteiger partial charge in [0.15, 0.2) is 5.69 Å². The lowest BCUT2D eigenvalue weighted by Gasteiger charge is -2.08. The lowest BCUT2D eigenvalue weighted by Crippen LogP contribution is -2.38. The van der Waals surface area contributed by atoms with E-state index in [1.54, 1.807) is 0 Å². The van der Waals surface area contributed by atoms with Gasteiger partial charge in [-0.25, -0.2) is 14.6 Å². The minimum absolute atomic E-state index is 0.0433. The number of carbonyl (C=O) groups excluding carboxylic acids is 1. The second-order valence-corrected chi connectivity index (χ2v) is 5.78. The Kier molecular flexibility index (Phi) is 7.70. The second-order valence-electron chi connectivity index (χ2n) is 4.83. The van der Waals surface area contributed by atoms with Crippen molar-refractivity contribution in [1.82, 2.24) is 15.6 Å². The number of rotatable bonds is 9. The summed E-state index contributed by atoms with van der Waals surface area (Å²) >= 11 is 1.27. The predicted octanol–water partition coefficient (Wildman–Crippen LogP) is 1.36. The van der Waals surface area contributed by atoms with E-state index in [-0.39, 0.29) is 11.7 Å². The van der Waals surface area contributed by atoms with Crippen LogP contribution in [0.2, 0.25) is 0 Å². The number of thiazole rings is 1. The molecule has 0 aliphatic carbocycles. The third kappa shape index (κ3) is 7.62. The van der Waals surface area contributed by atoms with Gasteiger partial charge in [0.1, 0.15) is 0 Å². The number of hydrogen-bond acceptors (Lipinski definition) is 5. The first-order valence-corrected chi connectivity index (χ1v) is 7.64. The number of carboxylic acid groups (broad SMARTS) is 1. The number of nitrogens with one attached hydrogen (secondary N) is 2. The van der Waals surface area contributed by atoms with Crippen molar-refractivity contribution in [3.63, 3.8) is 0 Å². The summed E-state index contributed by atoms with van der Waals surface area (Å²) in [6, 6.07) is -0.266. The maximum atomic E-state index is 11.5. The first-order chi connectivity index (χ1) is 9.99. The zero-order valence-corrected chi connectivity index (χ0v) is 13.0. The molecule has 0 radical (unpaired) electrons. The van der Waals surface area contributed by atoms with E-state index < -0.39 is 5.97 Å². The molecule has 0 atom stereocenters. The van der Waals surface area contributed by atoms with Crippen LogP contribution in [0, 0.1) is 5.92 Å². The van der Waals surface area contributed by atoms with E-state index in [0.29, 0.717) is 43.6 Å². The maximum Gasteiger partial charge on any atom is 0.355 e. The van der Waals surface area contributed by atoms with Crippen molar-refractivity contribution in [2.75, 3.05) is 26.3 Å². The third-order valence-electron chi connectivity index (χ3n) is 2.38. The zero-order chi connectivity index (χ0) is 15.7. The van der Waals surface area contributed by atoms with Crippen LogP contribution in [0.5, 0.6) is 0 Å². The zero-order valence-electron chi connectivity index (χ0n) is 12.2. The van der Waals surface area contributed by atoms with E-state index >= 15 is 0 Å². The molecular weight excluding hydrogens is 294 g/mol. The molecule has 118 valence electrons. The number of ether oxygens (including phenoxy) is 1. The molecule has 3 N–H and O–H groups in total. The van der Waals surface area contributed by atoms with E-state index in [9.17, 15) is 9.59 Å². The normalized spacial score (nSPS) is 10.6. The molecule has 0 saturated carbocycles. The minimum Gasteiger partial charge on any atom is -0.476 e. The molecule has 2 amide bonds. The molecule has 0 bridgehead atoms. The van der Waals surface area contributed by atoms with E-state index in [1.807, 2.05) is 0 Å². The first-order valence-electron chi connectivity index (χ1n) is 6.76. The van der Waals surface area contributed by atoms with Gasteiger partial charge < -0.3 is 20.5 Å². The van der Waals surface area contributed by atoms with Gasteiger partial charge in [0.25, 0.3) is 0 Å². The summed E-state index contributed by atoms with van der Waals surface area (Å²) in [6.45, 7) is 6.16. The summed E-state index contributed by atoms with van der Waals surface area (Å²) in [5.74, 6) is -0.558. The van der Waals surface area contributed by atoms with Crippen LogP contribution in [0.25, 0.3) is 0 Å². The fourth-order valence-corrected chi connectivity index (χ4v) is 2.20. The monoisotopic (exact) mass is 315 g/mol. The van der Waals surface area contributed by atoms with Gasteiger partial charge >= 0.3 is 12.0 Å². The number of amides is 2. The number of aromatic carboxylic acids is 1. The predicted molar refractivity (Wildman–Crippen MR) is 79.8 cm³/mol. The first kappa shape index (κ1) is 17.4. The highest BCUT2D eigenvalue weighted by molar-refractivity contribution is 7.09. The Balaban J connectivity index is 2.08. The fraction of sp³-hybridized carbons (Fsp3) is 0.615. The lowest BCUT2D eigenvalue weighted by molar-refractivity contribution is 0.0691. The molecule has 0 unspecified atom stereocenters. The molecule has 0 aromatic carbocycles. The maximum absolute atomic E-state index is 11.5. The van der Waals surface area contributed by atoms with Gasteiger partial charge in [-0.3, -0.25) is 0 Å². The van der Waals surface area contributed by atoms with Crippen LogP contribution in [0.15, 0.2) is 5.38 Å². The average Bonchev–Trinajstić information content (AvgIpc) is 2.87. The summed E-state index contributed by atoms with van der Waals surface area (Å²) < 4.78 is 5.34. The van der Waals surface area contributed by atoms with Crippen LogP contribution in [0.3, 0.4) is 0 Å². The lowest BCUT2D eigenvalue weighted by atomic mass is 10.2. The molecule has 1 aromatic rings. The fourth-order valence-electron chi connectivity index (χ4n) is 1.43. The topological polar surface area (TPSA) is 101 Å². The Morgan fingerprint density at radius 1 is 1.38 bits per heavy atom. The number of carbonyl (C=O) groups is 2. The number of carboxylic acids is 1. The second kappa shape index (κ2) is 9.30. The molecule has 8 heteroatoms. The smallest absolute Gasteiger partial charge is 0.355 e. The Labute approximate surface area is 127 Å². The molecule has 1 aromatic heterocycles. The summed E-state index contributed by atoms with van der Waals surface area (Å²) in [5.41, 5.74) is 0.0433. The molecule has 0 spiro atoms.